The van der Waals surface area contributed by atoms with Gasteiger partial charge in [-0.3, -0.25) is 4.79 Å². The molecular weight excluding hydrogens is 276 g/mol. The molecule has 5 heteroatoms. The lowest BCUT2D eigenvalue weighted by molar-refractivity contribution is -0.122. The molecule has 1 atom stereocenters. The lowest BCUT2D eigenvalue weighted by atomic mass is 9.93. The van der Waals surface area contributed by atoms with Crippen molar-refractivity contribution in [2.45, 2.75) is 63.8 Å². The Bertz CT molecular complexity index is 521. The van der Waals surface area contributed by atoms with Gasteiger partial charge in [-0.1, -0.05) is 0 Å². The molecule has 22 heavy (non-hydrogen) atoms. The van der Waals surface area contributed by atoms with Gasteiger partial charge in [0.15, 0.2) is 0 Å². The van der Waals surface area contributed by atoms with E-state index in [1.54, 1.807) is 0 Å². The fourth-order valence-corrected chi connectivity index (χ4v) is 3.14. The average Bonchev–Trinajstić information content (AvgIpc) is 2.49. The summed E-state index contributed by atoms with van der Waals surface area (Å²) in [4.78, 5) is 21.2. The summed E-state index contributed by atoms with van der Waals surface area (Å²) in [7, 11) is 0. The number of carbonyl (C=O) groups excluding carboxylic acids is 1. The minimum Gasteiger partial charge on any atom is -0.353 e. The van der Waals surface area contributed by atoms with Gasteiger partial charge in [0.2, 0.25) is 5.91 Å². The predicted molar refractivity (Wildman–Crippen MR) is 85.7 cm³/mol. The second kappa shape index (κ2) is 7.18. The Hall–Kier alpha value is -1.49. The van der Waals surface area contributed by atoms with Crippen molar-refractivity contribution < 1.29 is 4.79 Å². The molecule has 0 unspecified atom stereocenters. The first-order valence-corrected chi connectivity index (χ1v) is 8.55. The highest BCUT2D eigenvalue weighted by Crippen LogP contribution is 2.21. The zero-order valence-corrected chi connectivity index (χ0v) is 13.4. The van der Waals surface area contributed by atoms with Crippen LogP contribution in [-0.2, 0) is 11.2 Å². The maximum Gasteiger partial charge on any atom is 0.220 e. The smallest absolute Gasteiger partial charge is 0.220 e. The highest BCUT2D eigenvalue weighted by molar-refractivity contribution is 5.76. The van der Waals surface area contributed by atoms with E-state index < -0.39 is 0 Å². The number of aryl methyl sites for hydroxylation is 2. The molecule has 120 valence electrons. The van der Waals surface area contributed by atoms with Gasteiger partial charge in [0.25, 0.3) is 0 Å². The fourth-order valence-electron chi connectivity index (χ4n) is 3.14. The molecule has 0 radical (unpaired) electrons. The highest BCUT2D eigenvalue weighted by atomic mass is 16.1. The lowest BCUT2D eigenvalue weighted by Gasteiger charge is -2.26. The summed E-state index contributed by atoms with van der Waals surface area (Å²) in [6.45, 7) is 4.07. The van der Waals surface area contributed by atoms with Crippen LogP contribution in [0.15, 0.2) is 6.07 Å². The predicted octanol–water partition coefficient (Wildman–Crippen LogP) is 1.85. The Morgan fingerprint density at radius 3 is 2.86 bits per heavy atom. The second-order valence-corrected chi connectivity index (χ2v) is 6.60. The Balaban J connectivity index is 1.57. The SMILES string of the molecule is Cc1cc(CCC(=O)NC2CCC2)nc([C@H]2CCCNC2)n1. The van der Waals surface area contributed by atoms with Crippen LogP contribution >= 0.6 is 0 Å². The van der Waals surface area contributed by atoms with Crippen molar-refractivity contribution in [3.63, 3.8) is 0 Å². The zero-order valence-electron chi connectivity index (χ0n) is 13.4. The van der Waals surface area contributed by atoms with Gasteiger partial charge in [-0.05, 0) is 58.1 Å². The molecule has 1 aromatic heterocycles. The summed E-state index contributed by atoms with van der Waals surface area (Å²) in [5.41, 5.74) is 2.00. The molecule has 0 spiro atoms. The molecule has 3 rings (SSSR count). The monoisotopic (exact) mass is 302 g/mol. The van der Waals surface area contributed by atoms with E-state index in [-0.39, 0.29) is 5.91 Å². The minimum atomic E-state index is 0.154. The third-order valence-electron chi connectivity index (χ3n) is 4.67. The first-order valence-electron chi connectivity index (χ1n) is 8.55. The van der Waals surface area contributed by atoms with Gasteiger partial charge in [-0.15, -0.1) is 0 Å². The van der Waals surface area contributed by atoms with E-state index in [0.29, 0.717) is 24.8 Å². The van der Waals surface area contributed by atoms with Crippen LogP contribution in [0.4, 0.5) is 0 Å². The van der Waals surface area contributed by atoms with Crippen molar-refractivity contribution in [3.8, 4) is 0 Å². The van der Waals surface area contributed by atoms with Crippen LogP contribution < -0.4 is 10.6 Å². The Kier molecular flexibility index (Phi) is 5.03. The van der Waals surface area contributed by atoms with E-state index in [1.807, 2.05) is 13.0 Å². The maximum atomic E-state index is 11.9. The summed E-state index contributed by atoms with van der Waals surface area (Å²) >= 11 is 0. The van der Waals surface area contributed by atoms with Gasteiger partial charge in [0.05, 0.1) is 0 Å². The molecular formula is C17H26N4O. The van der Waals surface area contributed by atoms with Gasteiger partial charge < -0.3 is 10.6 Å². The molecule has 2 aliphatic rings. The van der Waals surface area contributed by atoms with Crippen molar-refractivity contribution in [1.29, 1.82) is 0 Å². The van der Waals surface area contributed by atoms with E-state index in [1.165, 1.54) is 12.8 Å². The first kappa shape index (κ1) is 15.4. The lowest BCUT2D eigenvalue weighted by Crippen LogP contribution is -2.39. The third-order valence-corrected chi connectivity index (χ3v) is 4.67. The number of nitrogens with zero attached hydrogens (tertiary/aromatic N) is 2. The van der Waals surface area contributed by atoms with Gasteiger partial charge in [0.1, 0.15) is 5.82 Å². The molecule has 1 aliphatic carbocycles. The number of nitrogens with one attached hydrogen (secondary N) is 2. The molecule has 1 saturated heterocycles. The van der Waals surface area contributed by atoms with E-state index in [9.17, 15) is 4.79 Å². The topological polar surface area (TPSA) is 66.9 Å². The fraction of sp³-hybridized carbons (Fsp3) is 0.706. The van der Waals surface area contributed by atoms with Gasteiger partial charge in [-0.2, -0.15) is 0 Å². The third kappa shape index (κ3) is 4.03. The van der Waals surface area contributed by atoms with E-state index in [2.05, 4.69) is 15.6 Å². The summed E-state index contributed by atoms with van der Waals surface area (Å²) in [6, 6.07) is 2.43. The van der Waals surface area contributed by atoms with Gasteiger partial charge >= 0.3 is 0 Å². The number of rotatable bonds is 5. The Morgan fingerprint density at radius 1 is 1.32 bits per heavy atom. The van der Waals surface area contributed by atoms with Crippen molar-refractivity contribution in [3.05, 3.63) is 23.3 Å². The molecule has 2 fully saturated rings. The standard InChI is InChI=1S/C17H26N4O/c1-12-10-15(7-8-16(22)20-14-5-2-6-14)21-17(19-12)13-4-3-9-18-11-13/h10,13-14,18H,2-9,11H2,1H3,(H,20,22)/t13-/m0/s1. The average molecular weight is 302 g/mol. The van der Waals surface area contributed by atoms with Crippen LogP contribution in [0.3, 0.4) is 0 Å². The van der Waals surface area contributed by atoms with Crippen LogP contribution in [0.25, 0.3) is 0 Å². The summed E-state index contributed by atoms with van der Waals surface area (Å²) in [5, 5.41) is 6.50. The Labute approximate surface area is 132 Å². The first-order chi connectivity index (χ1) is 10.7. The molecule has 0 aromatic carbocycles. The summed E-state index contributed by atoms with van der Waals surface area (Å²) in [6.07, 6.45) is 7.08. The quantitative estimate of drug-likeness (QED) is 0.871. The zero-order chi connectivity index (χ0) is 15.4. The van der Waals surface area contributed by atoms with Crippen LogP contribution in [0.5, 0.6) is 0 Å². The van der Waals surface area contributed by atoms with Crippen molar-refractivity contribution in [2.24, 2.45) is 0 Å². The molecule has 2 N–H and O–H groups in total. The molecule has 1 aliphatic heterocycles. The molecule has 0 bridgehead atoms. The van der Waals surface area contributed by atoms with E-state index in [0.717, 1.165) is 49.6 Å². The van der Waals surface area contributed by atoms with Crippen LogP contribution in [-0.4, -0.2) is 35.0 Å². The number of carbonyl (C=O) groups is 1. The molecule has 5 nitrogen and oxygen atoms in total. The number of piperidine rings is 1. The number of hydrogen-bond donors (Lipinski definition) is 2. The Morgan fingerprint density at radius 2 is 2.18 bits per heavy atom. The maximum absolute atomic E-state index is 11.9. The van der Waals surface area contributed by atoms with Gasteiger partial charge in [-0.25, -0.2) is 9.97 Å². The van der Waals surface area contributed by atoms with Crippen LogP contribution in [0.2, 0.25) is 0 Å². The largest absolute Gasteiger partial charge is 0.353 e. The highest BCUT2D eigenvalue weighted by Gasteiger charge is 2.20. The van der Waals surface area contributed by atoms with E-state index in [4.69, 9.17) is 4.98 Å². The number of aromatic nitrogens is 2. The van der Waals surface area contributed by atoms with Crippen molar-refractivity contribution >= 4 is 5.91 Å². The van der Waals surface area contributed by atoms with E-state index >= 15 is 0 Å². The van der Waals surface area contributed by atoms with Crippen molar-refractivity contribution in [2.75, 3.05) is 13.1 Å². The molecule has 1 aromatic rings. The summed E-state index contributed by atoms with van der Waals surface area (Å²) in [5.74, 6) is 1.51. The van der Waals surface area contributed by atoms with Crippen molar-refractivity contribution in [1.82, 2.24) is 20.6 Å². The molecule has 1 amide bonds. The normalized spacial score (nSPS) is 22.1. The van der Waals surface area contributed by atoms with Gasteiger partial charge in [0, 0.05) is 36.3 Å². The molecule has 1 saturated carbocycles. The van der Waals surface area contributed by atoms with Crippen LogP contribution in [0.1, 0.15) is 61.7 Å². The number of amides is 1. The second-order valence-electron chi connectivity index (χ2n) is 6.60. The molecule has 2 heterocycles. The van der Waals surface area contributed by atoms with Crippen LogP contribution in [0, 0.1) is 6.92 Å². The minimum absolute atomic E-state index is 0.154. The summed E-state index contributed by atoms with van der Waals surface area (Å²) < 4.78 is 0. The number of hydrogen-bond acceptors (Lipinski definition) is 4.